The number of nitrogens with one attached hydrogen (secondary N) is 1. The zero-order chi connectivity index (χ0) is 11.5. The number of nitrogens with zero attached hydrogens (tertiary/aromatic N) is 2. The van der Waals surface area contributed by atoms with Gasteiger partial charge in [-0.3, -0.25) is 5.10 Å². The highest BCUT2D eigenvalue weighted by molar-refractivity contribution is 5.21. The van der Waals surface area contributed by atoms with E-state index in [0.29, 0.717) is 5.82 Å². The Morgan fingerprint density at radius 3 is 2.56 bits per heavy atom. The Morgan fingerprint density at radius 1 is 1.31 bits per heavy atom. The number of halogens is 2. The fourth-order valence-corrected chi connectivity index (χ4v) is 1.44. The number of aromatic nitrogens is 3. The molecule has 1 aromatic heterocycles. The van der Waals surface area contributed by atoms with Gasteiger partial charge < -0.3 is 5.73 Å². The van der Waals surface area contributed by atoms with Gasteiger partial charge in [0.2, 0.25) is 0 Å². The fourth-order valence-electron chi connectivity index (χ4n) is 1.44. The van der Waals surface area contributed by atoms with Gasteiger partial charge in [-0.1, -0.05) is 6.07 Å². The van der Waals surface area contributed by atoms with Crippen molar-refractivity contribution in [3.05, 3.63) is 47.5 Å². The first kappa shape index (κ1) is 10.7. The normalized spacial score (nSPS) is 12.7. The lowest BCUT2D eigenvalue weighted by atomic mass is 10.1. The van der Waals surface area contributed by atoms with Crippen LogP contribution in [0.1, 0.15) is 17.4 Å². The van der Waals surface area contributed by atoms with Gasteiger partial charge in [0.1, 0.15) is 23.8 Å². The highest BCUT2D eigenvalue weighted by Crippen LogP contribution is 2.18. The number of hydrogen-bond acceptors (Lipinski definition) is 3. The van der Waals surface area contributed by atoms with Gasteiger partial charge >= 0.3 is 0 Å². The van der Waals surface area contributed by atoms with Crippen molar-refractivity contribution in [2.75, 3.05) is 0 Å². The molecule has 16 heavy (non-hydrogen) atoms. The molecule has 3 N–H and O–H groups in total. The van der Waals surface area contributed by atoms with Gasteiger partial charge in [0.25, 0.3) is 0 Å². The summed E-state index contributed by atoms with van der Waals surface area (Å²) in [6, 6.07) is 3.11. The second-order valence-electron chi connectivity index (χ2n) is 3.38. The molecule has 0 amide bonds. The maximum Gasteiger partial charge on any atom is 0.141 e. The van der Waals surface area contributed by atoms with Crippen LogP contribution in [0.15, 0.2) is 24.5 Å². The molecule has 0 radical (unpaired) electrons. The molecule has 6 heteroatoms. The Hall–Kier alpha value is -1.82. The van der Waals surface area contributed by atoms with Crippen molar-refractivity contribution in [2.24, 2.45) is 5.73 Å². The Kier molecular flexibility index (Phi) is 2.91. The summed E-state index contributed by atoms with van der Waals surface area (Å²) in [5, 5.41) is 6.19. The van der Waals surface area contributed by atoms with E-state index in [2.05, 4.69) is 15.2 Å². The molecule has 0 saturated heterocycles. The van der Waals surface area contributed by atoms with Crippen molar-refractivity contribution in [3.8, 4) is 0 Å². The van der Waals surface area contributed by atoms with Crippen LogP contribution in [-0.4, -0.2) is 15.2 Å². The Morgan fingerprint density at radius 2 is 2.00 bits per heavy atom. The molecule has 1 aromatic carbocycles. The van der Waals surface area contributed by atoms with Gasteiger partial charge in [-0.05, 0) is 12.1 Å². The molecule has 0 aliphatic carbocycles. The van der Waals surface area contributed by atoms with E-state index >= 15 is 0 Å². The highest BCUT2D eigenvalue weighted by Gasteiger charge is 2.15. The fraction of sp³-hybridized carbons (Fsp3) is 0.200. The average Bonchev–Trinajstić information content (AvgIpc) is 2.76. The smallest absolute Gasteiger partial charge is 0.141 e. The second kappa shape index (κ2) is 4.36. The van der Waals surface area contributed by atoms with Crippen LogP contribution in [0.4, 0.5) is 8.78 Å². The summed E-state index contributed by atoms with van der Waals surface area (Å²) >= 11 is 0. The molecule has 1 atom stereocenters. The van der Waals surface area contributed by atoms with E-state index in [1.807, 2.05) is 0 Å². The van der Waals surface area contributed by atoms with Crippen LogP contribution in [0.3, 0.4) is 0 Å². The Labute approximate surface area is 90.5 Å². The monoisotopic (exact) mass is 224 g/mol. The van der Waals surface area contributed by atoms with E-state index in [4.69, 9.17) is 5.73 Å². The number of nitrogens with two attached hydrogens (primary N) is 1. The molecule has 0 saturated carbocycles. The number of hydrogen-bond donors (Lipinski definition) is 2. The maximum absolute atomic E-state index is 13.3. The van der Waals surface area contributed by atoms with E-state index < -0.39 is 17.7 Å². The largest absolute Gasteiger partial charge is 0.321 e. The quantitative estimate of drug-likeness (QED) is 0.826. The van der Waals surface area contributed by atoms with Gasteiger partial charge in [-0.2, -0.15) is 5.10 Å². The lowest BCUT2D eigenvalue weighted by Gasteiger charge is -2.09. The van der Waals surface area contributed by atoms with Crippen molar-refractivity contribution in [3.63, 3.8) is 0 Å². The molecule has 0 spiro atoms. The molecule has 4 nitrogen and oxygen atoms in total. The molecule has 1 unspecified atom stereocenters. The van der Waals surface area contributed by atoms with Crippen LogP contribution in [0.5, 0.6) is 0 Å². The second-order valence-corrected chi connectivity index (χ2v) is 3.38. The predicted molar refractivity (Wildman–Crippen MR) is 53.4 cm³/mol. The van der Waals surface area contributed by atoms with E-state index in [0.717, 1.165) is 0 Å². The topological polar surface area (TPSA) is 67.6 Å². The van der Waals surface area contributed by atoms with Gasteiger partial charge in [0.15, 0.2) is 0 Å². The standard InChI is InChI=1S/C10H10F2N4/c11-7-2-1-3-8(12)6(7)4-9(13)10-14-5-15-16-10/h1-3,5,9H,4,13H2,(H,14,15,16). The lowest BCUT2D eigenvalue weighted by Crippen LogP contribution is -2.16. The molecule has 0 fully saturated rings. The molecule has 0 bridgehead atoms. The van der Waals surface area contributed by atoms with Crippen molar-refractivity contribution >= 4 is 0 Å². The zero-order valence-corrected chi connectivity index (χ0v) is 8.32. The molecule has 1 heterocycles. The summed E-state index contributed by atoms with van der Waals surface area (Å²) < 4.78 is 26.6. The summed E-state index contributed by atoms with van der Waals surface area (Å²) in [5.41, 5.74) is 5.71. The van der Waals surface area contributed by atoms with Crippen LogP contribution < -0.4 is 5.73 Å². The summed E-state index contributed by atoms with van der Waals surface area (Å²) in [6.45, 7) is 0. The van der Waals surface area contributed by atoms with Gasteiger partial charge in [0.05, 0.1) is 6.04 Å². The molecule has 0 aliphatic rings. The van der Waals surface area contributed by atoms with E-state index in [1.165, 1.54) is 24.5 Å². The summed E-state index contributed by atoms with van der Waals surface area (Å²) in [4.78, 5) is 3.84. The predicted octanol–water partition coefficient (Wildman–Crippen LogP) is 1.33. The average molecular weight is 224 g/mol. The van der Waals surface area contributed by atoms with Crippen LogP contribution >= 0.6 is 0 Å². The number of rotatable bonds is 3. The van der Waals surface area contributed by atoms with Gasteiger partial charge in [-0.15, -0.1) is 0 Å². The Bertz CT molecular complexity index is 449. The van der Waals surface area contributed by atoms with E-state index in [-0.39, 0.29) is 12.0 Å². The van der Waals surface area contributed by atoms with E-state index in [1.54, 1.807) is 0 Å². The SMILES string of the molecule is NC(Cc1c(F)cccc1F)c1ncn[nH]1. The first-order chi connectivity index (χ1) is 7.68. The van der Waals surface area contributed by atoms with E-state index in [9.17, 15) is 8.78 Å². The minimum Gasteiger partial charge on any atom is -0.321 e. The summed E-state index contributed by atoms with van der Waals surface area (Å²) in [6.07, 6.45) is 1.33. The first-order valence-electron chi connectivity index (χ1n) is 4.72. The molecule has 2 rings (SSSR count). The van der Waals surface area contributed by atoms with Crippen LogP contribution in [-0.2, 0) is 6.42 Å². The first-order valence-corrected chi connectivity index (χ1v) is 4.72. The van der Waals surface area contributed by atoms with Crippen molar-refractivity contribution < 1.29 is 8.78 Å². The third kappa shape index (κ3) is 2.06. The minimum atomic E-state index is -0.603. The highest BCUT2D eigenvalue weighted by atomic mass is 19.1. The third-order valence-corrected chi connectivity index (χ3v) is 2.27. The van der Waals surface area contributed by atoms with Crippen LogP contribution in [0.25, 0.3) is 0 Å². The number of aromatic amines is 1. The minimum absolute atomic E-state index is 0.0354. The summed E-state index contributed by atoms with van der Waals surface area (Å²) in [5.74, 6) is -0.799. The van der Waals surface area contributed by atoms with Crippen molar-refractivity contribution in [2.45, 2.75) is 12.5 Å². The Balaban J connectivity index is 2.21. The van der Waals surface area contributed by atoms with Crippen LogP contribution in [0.2, 0.25) is 0 Å². The number of H-pyrrole nitrogens is 1. The van der Waals surface area contributed by atoms with Crippen LogP contribution in [0, 0.1) is 11.6 Å². The molecular formula is C10H10F2N4. The zero-order valence-electron chi connectivity index (χ0n) is 8.32. The molecular weight excluding hydrogens is 214 g/mol. The number of benzene rings is 1. The summed E-state index contributed by atoms with van der Waals surface area (Å²) in [7, 11) is 0. The third-order valence-electron chi connectivity index (χ3n) is 2.27. The molecule has 0 aliphatic heterocycles. The van der Waals surface area contributed by atoms with Gasteiger partial charge in [-0.25, -0.2) is 13.8 Å². The van der Waals surface area contributed by atoms with Crippen molar-refractivity contribution in [1.82, 2.24) is 15.2 Å². The van der Waals surface area contributed by atoms with Gasteiger partial charge in [0, 0.05) is 12.0 Å². The maximum atomic E-state index is 13.3. The molecule has 84 valence electrons. The van der Waals surface area contributed by atoms with Crippen molar-refractivity contribution in [1.29, 1.82) is 0 Å². The lowest BCUT2D eigenvalue weighted by molar-refractivity contribution is 0.534. The molecule has 2 aromatic rings.